The first kappa shape index (κ1) is 19.2. The minimum atomic E-state index is -0.572. The number of benzene rings is 3. The molecule has 1 unspecified atom stereocenters. The van der Waals surface area contributed by atoms with Gasteiger partial charge in [0.25, 0.3) is 0 Å². The van der Waals surface area contributed by atoms with E-state index in [9.17, 15) is 4.79 Å². The van der Waals surface area contributed by atoms with Crippen molar-refractivity contribution in [2.45, 2.75) is 13.0 Å². The molecule has 6 nitrogen and oxygen atoms in total. The monoisotopic (exact) mass is 396 g/mol. The lowest BCUT2D eigenvalue weighted by Gasteiger charge is -2.14. The van der Waals surface area contributed by atoms with Gasteiger partial charge in [-0.1, -0.05) is 59.7 Å². The topological polar surface area (TPSA) is 69.0 Å². The minimum absolute atomic E-state index is 0.387. The van der Waals surface area contributed by atoms with Crippen LogP contribution in [0.1, 0.15) is 24.2 Å². The van der Waals surface area contributed by atoms with Gasteiger partial charge in [0, 0.05) is 18.2 Å². The number of hydrogen-bond donors (Lipinski definition) is 1. The second kappa shape index (κ2) is 8.10. The van der Waals surface area contributed by atoms with Gasteiger partial charge in [0.1, 0.15) is 11.8 Å². The number of hydrogen-bond acceptors (Lipinski definition) is 4. The van der Waals surface area contributed by atoms with Gasteiger partial charge >= 0.3 is 6.09 Å². The number of amides is 1. The number of aryl methyl sites for hydroxylation is 1. The summed E-state index contributed by atoms with van der Waals surface area (Å²) < 4.78 is 7.02. The lowest BCUT2D eigenvalue weighted by Crippen LogP contribution is -2.18. The van der Waals surface area contributed by atoms with Crippen LogP contribution < -0.4 is 5.32 Å². The molecular formula is C24H20N4O2. The zero-order chi connectivity index (χ0) is 21.1. The number of nitrogens with zero attached hydrogens (tertiary/aromatic N) is 3. The second-order valence-corrected chi connectivity index (χ2v) is 6.91. The Hall–Kier alpha value is -4.11. The first-order valence-electron chi connectivity index (χ1n) is 9.48. The molecule has 1 N–H and O–H groups in total. The summed E-state index contributed by atoms with van der Waals surface area (Å²) in [4.78, 5) is 12.5. The Labute approximate surface area is 174 Å². The number of carbonyl (C=O) groups excluding carboxylic acids is 1. The van der Waals surface area contributed by atoms with E-state index < -0.39 is 6.09 Å². The molecule has 4 rings (SSSR count). The molecule has 4 aromatic rings. The average Bonchev–Trinajstić information content (AvgIpc) is 3.13. The number of anilines is 1. The molecule has 1 heterocycles. The molecule has 0 saturated carbocycles. The average molecular weight is 396 g/mol. The third kappa shape index (κ3) is 3.87. The number of terminal acetylenes is 1. The Balaban J connectivity index is 1.58. The van der Waals surface area contributed by atoms with Gasteiger partial charge in [0.15, 0.2) is 5.82 Å². The van der Waals surface area contributed by atoms with Crippen molar-refractivity contribution in [2.24, 2.45) is 7.05 Å². The Kier molecular flexibility index (Phi) is 5.19. The zero-order valence-corrected chi connectivity index (χ0v) is 16.7. The van der Waals surface area contributed by atoms with E-state index >= 15 is 0 Å². The predicted molar refractivity (Wildman–Crippen MR) is 117 cm³/mol. The van der Waals surface area contributed by atoms with Crippen LogP contribution in [0.3, 0.4) is 0 Å². The predicted octanol–water partition coefficient (Wildman–Crippen LogP) is 4.93. The molecule has 0 aliphatic rings. The summed E-state index contributed by atoms with van der Waals surface area (Å²) in [6.07, 6.45) is 4.52. The summed E-state index contributed by atoms with van der Waals surface area (Å²) in [5.41, 5.74) is 3.13. The maximum Gasteiger partial charge on any atom is 0.413 e. The molecule has 0 spiro atoms. The number of rotatable bonds is 4. The van der Waals surface area contributed by atoms with Crippen LogP contribution in [-0.2, 0) is 11.8 Å². The Morgan fingerprint density at radius 3 is 2.60 bits per heavy atom. The fourth-order valence-electron chi connectivity index (χ4n) is 3.25. The molecular weight excluding hydrogens is 376 g/mol. The third-order valence-electron chi connectivity index (χ3n) is 4.88. The SMILES string of the molecule is C#Cc1ccc2cc(-c3nnn(C)c3NC(=O)OC(C)c3ccccc3)ccc2c1. The highest BCUT2D eigenvalue weighted by molar-refractivity contribution is 5.92. The quantitative estimate of drug-likeness (QED) is 0.497. The van der Waals surface area contributed by atoms with Crippen molar-refractivity contribution >= 4 is 22.7 Å². The van der Waals surface area contributed by atoms with Crippen molar-refractivity contribution < 1.29 is 9.53 Å². The molecule has 6 heteroatoms. The van der Waals surface area contributed by atoms with Gasteiger partial charge in [-0.05, 0) is 41.5 Å². The Morgan fingerprint density at radius 2 is 1.83 bits per heavy atom. The lowest BCUT2D eigenvalue weighted by molar-refractivity contribution is 0.121. The van der Waals surface area contributed by atoms with E-state index in [2.05, 4.69) is 21.5 Å². The van der Waals surface area contributed by atoms with Gasteiger partial charge in [-0.2, -0.15) is 0 Å². The molecule has 30 heavy (non-hydrogen) atoms. The highest BCUT2D eigenvalue weighted by Crippen LogP contribution is 2.29. The van der Waals surface area contributed by atoms with Crippen molar-refractivity contribution in [3.8, 4) is 23.6 Å². The lowest BCUT2D eigenvalue weighted by atomic mass is 10.0. The standard InChI is InChI=1S/C24H20N4O2/c1-4-17-10-11-20-15-21(13-12-19(20)14-17)22-23(28(3)27-26-22)25-24(29)30-16(2)18-8-6-5-7-9-18/h1,5-16H,2-3H3,(H,25,29). The van der Waals surface area contributed by atoms with E-state index in [0.717, 1.165) is 27.5 Å². The van der Waals surface area contributed by atoms with Crippen molar-refractivity contribution in [1.29, 1.82) is 0 Å². The Bertz CT molecular complexity index is 1260. The Morgan fingerprint density at radius 1 is 1.10 bits per heavy atom. The first-order chi connectivity index (χ1) is 14.5. The van der Waals surface area contributed by atoms with Crippen molar-refractivity contribution in [2.75, 3.05) is 5.32 Å². The number of carbonyl (C=O) groups is 1. The molecule has 1 amide bonds. The fourth-order valence-corrected chi connectivity index (χ4v) is 3.25. The summed E-state index contributed by atoms with van der Waals surface area (Å²) in [5, 5.41) is 13.1. The molecule has 148 valence electrons. The van der Waals surface area contributed by atoms with Gasteiger partial charge in [0.05, 0.1) is 0 Å². The summed E-state index contributed by atoms with van der Waals surface area (Å²) in [7, 11) is 1.72. The minimum Gasteiger partial charge on any atom is -0.441 e. The van der Waals surface area contributed by atoms with Gasteiger partial charge < -0.3 is 4.74 Å². The molecule has 0 saturated heterocycles. The van der Waals surface area contributed by atoms with Gasteiger partial charge in [-0.3, -0.25) is 5.32 Å². The van der Waals surface area contributed by atoms with Crippen LogP contribution >= 0.6 is 0 Å². The summed E-state index contributed by atoms with van der Waals surface area (Å²) in [5.74, 6) is 3.10. The van der Waals surface area contributed by atoms with E-state index in [1.165, 1.54) is 4.68 Å². The second-order valence-electron chi connectivity index (χ2n) is 6.91. The molecule has 0 radical (unpaired) electrons. The van der Waals surface area contributed by atoms with Crippen LogP contribution in [0, 0.1) is 12.3 Å². The normalized spacial score (nSPS) is 11.6. The fraction of sp³-hybridized carbons (Fsp3) is 0.125. The van der Waals surface area contributed by atoms with E-state index in [1.54, 1.807) is 7.05 Å². The largest absolute Gasteiger partial charge is 0.441 e. The van der Waals surface area contributed by atoms with E-state index in [4.69, 9.17) is 11.2 Å². The van der Waals surface area contributed by atoms with Crippen molar-refractivity contribution in [3.05, 3.63) is 77.9 Å². The van der Waals surface area contributed by atoms with Crippen LogP contribution in [0.4, 0.5) is 10.6 Å². The molecule has 1 aromatic heterocycles. The van der Waals surface area contributed by atoms with Crippen LogP contribution in [0.15, 0.2) is 66.7 Å². The molecule has 0 bridgehead atoms. The molecule has 0 fully saturated rings. The molecule has 0 aliphatic heterocycles. The summed E-state index contributed by atoms with van der Waals surface area (Å²) >= 11 is 0. The van der Waals surface area contributed by atoms with Gasteiger partial charge in [-0.25, -0.2) is 9.48 Å². The smallest absolute Gasteiger partial charge is 0.413 e. The van der Waals surface area contributed by atoms with Crippen molar-refractivity contribution in [1.82, 2.24) is 15.0 Å². The highest BCUT2D eigenvalue weighted by Gasteiger charge is 2.18. The zero-order valence-electron chi connectivity index (χ0n) is 16.7. The maximum atomic E-state index is 12.5. The van der Waals surface area contributed by atoms with E-state index in [-0.39, 0.29) is 6.10 Å². The van der Waals surface area contributed by atoms with Crippen molar-refractivity contribution in [3.63, 3.8) is 0 Å². The number of aromatic nitrogens is 3. The van der Waals surface area contributed by atoms with Gasteiger partial charge in [-0.15, -0.1) is 11.5 Å². The van der Waals surface area contributed by atoms with Crippen LogP contribution in [0.25, 0.3) is 22.0 Å². The molecule has 3 aromatic carbocycles. The molecule has 1 atom stereocenters. The summed E-state index contributed by atoms with van der Waals surface area (Å²) in [6.45, 7) is 1.82. The van der Waals surface area contributed by atoms with E-state index in [0.29, 0.717) is 11.5 Å². The van der Waals surface area contributed by atoms with E-state index in [1.807, 2.05) is 73.7 Å². The van der Waals surface area contributed by atoms with Crippen LogP contribution in [0.5, 0.6) is 0 Å². The van der Waals surface area contributed by atoms with Crippen LogP contribution in [-0.4, -0.2) is 21.1 Å². The summed E-state index contributed by atoms with van der Waals surface area (Å²) in [6, 6.07) is 21.3. The first-order valence-corrected chi connectivity index (χ1v) is 9.48. The number of nitrogens with one attached hydrogen (secondary N) is 1. The third-order valence-corrected chi connectivity index (χ3v) is 4.88. The molecule has 0 aliphatic carbocycles. The maximum absolute atomic E-state index is 12.5. The van der Waals surface area contributed by atoms with Gasteiger partial charge in [0.2, 0.25) is 0 Å². The number of ether oxygens (including phenoxy) is 1. The number of fused-ring (bicyclic) bond motifs is 1. The highest BCUT2D eigenvalue weighted by atomic mass is 16.6. The van der Waals surface area contributed by atoms with Crippen LogP contribution in [0.2, 0.25) is 0 Å².